The Balaban J connectivity index is 1.66. The number of carbonyl (C=O) groups is 1. The maximum Gasteiger partial charge on any atom is 0.414 e. The molecule has 2 aromatic heterocycles. The molecule has 3 heterocycles. The van der Waals surface area contributed by atoms with E-state index in [4.69, 9.17) is 14.6 Å². The average molecular weight is 404 g/mol. The van der Waals surface area contributed by atoms with Crippen LogP contribution in [0, 0.1) is 0 Å². The van der Waals surface area contributed by atoms with Gasteiger partial charge in [-0.2, -0.15) is 5.10 Å². The lowest BCUT2D eigenvalue weighted by Crippen LogP contribution is -2.23. The van der Waals surface area contributed by atoms with Crippen molar-refractivity contribution in [1.29, 1.82) is 0 Å². The summed E-state index contributed by atoms with van der Waals surface area (Å²) in [6.07, 6.45) is 11.8. The third kappa shape index (κ3) is 3.85. The summed E-state index contributed by atoms with van der Waals surface area (Å²) in [5, 5.41) is 5.67. The highest BCUT2D eigenvalue weighted by Gasteiger charge is 2.24. The molecule has 1 saturated heterocycles. The molecule has 1 aromatic carbocycles. The molecule has 0 atom stereocenters. The molecule has 4 rings (SSSR count). The highest BCUT2D eigenvalue weighted by Crippen LogP contribution is 2.33. The topological polar surface area (TPSA) is 74.4 Å². The number of carbonyl (C=O) groups excluding carboxylic acids is 1. The van der Waals surface area contributed by atoms with Crippen molar-refractivity contribution >= 4 is 32.7 Å². The molecule has 0 bridgehead atoms. The second kappa shape index (κ2) is 7.48. The lowest BCUT2D eigenvalue weighted by Gasteiger charge is -2.24. The van der Waals surface area contributed by atoms with Crippen molar-refractivity contribution in [2.75, 3.05) is 49.2 Å². The van der Waals surface area contributed by atoms with Crippen LogP contribution >= 0.6 is 10.0 Å². The van der Waals surface area contributed by atoms with Crippen LogP contribution in [0.3, 0.4) is 0 Å². The molecular formula is C19H25N5O3S. The highest BCUT2D eigenvalue weighted by molar-refractivity contribution is 8.32. The average Bonchev–Trinajstić information content (AvgIpc) is 3.37. The van der Waals surface area contributed by atoms with Crippen LogP contribution in [-0.2, 0) is 16.2 Å². The van der Waals surface area contributed by atoms with E-state index in [2.05, 4.69) is 23.8 Å². The maximum absolute atomic E-state index is 11.9. The number of ether oxygens (including phenoxy) is 2. The van der Waals surface area contributed by atoms with E-state index in [0.717, 1.165) is 28.2 Å². The Labute approximate surface area is 165 Å². The molecule has 0 radical (unpaired) electrons. The fraction of sp³-hybridized carbons (Fsp3) is 0.421. The number of imidazole rings is 1. The highest BCUT2D eigenvalue weighted by atomic mass is 32.3. The second-order valence-corrected chi connectivity index (χ2v) is 12.2. The van der Waals surface area contributed by atoms with Gasteiger partial charge >= 0.3 is 6.09 Å². The number of cyclic esters (lactones) is 1. The predicted octanol–water partition coefficient (Wildman–Crippen LogP) is 2.85. The molecule has 1 aliphatic heterocycles. The van der Waals surface area contributed by atoms with E-state index >= 15 is 0 Å². The summed E-state index contributed by atoms with van der Waals surface area (Å²) in [4.78, 5) is 17.7. The van der Waals surface area contributed by atoms with Gasteiger partial charge in [0.25, 0.3) is 0 Å². The van der Waals surface area contributed by atoms with Crippen LogP contribution in [0.5, 0.6) is 0 Å². The first-order valence-electron chi connectivity index (χ1n) is 9.09. The van der Waals surface area contributed by atoms with Crippen LogP contribution in [0.25, 0.3) is 16.7 Å². The number of anilines is 1. The van der Waals surface area contributed by atoms with Crippen molar-refractivity contribution in [1.82, 2.24) is 19.3 Å². The molecule has 0 spiro atoms. The van der Waals surface area contributed by atoms with E-state index in [0.29, 0.717) is 26.5 Å². The van der Waals surface area contributed by atoms with Gasteiger partial charge < -0.3 is 9.47 Å². The number of amides is 1. The summed E-state index contributed by atoms with van der Waals surface area (Å²) in [6, 6.07) is 5.87. The summed E-state index contributed by atoms with van der Waals surface area (Å²) >= 11 is 0. The molecule has 9 heteroatoms. The molecule has 0 unspecified atom stereocenters. The third-order valence-electron chi connectivity index (χ3n) is 4.59. The van der Waals surface area contributed by atoms with Gasteiger partial charge in [-0.3, -0.25) is 9.47 Å². The van der Waals surface area contributed by atoms with Gasteiger partial charge in [0.15, 0.2) is 5.82 Å². The molecule has 1 fully saturated rings. The van der Waals surface area contributed by atoms with Gasteiger partial charge in [0.1, 0.15) is 19.7 Å². The van der Waals surface area contributed by atoms with Crippen molar-refractivity contribution < 1.29 is 14.3 Å². The van der Waals surface area contributed by atoms with E-state index in [-0.39, 0.29) is 6.09 Å². The number of hydrogen-bond acceptors (Lipinski definition) is 5. The molecule has 1 amide bonds. The van der Waals surface area contributed by atoms with E-state index in [9.17, 15) is 4.79 Å². The smallest absolute Gasteiger partial charge is 0.414 e. The first-order chi connectivity index (χ1) is 13.4. The quantitative estimate of drug-likeness (QED) is 0.567. The lowest BCUT2D eigenvalue weighted by atomic mass is 10.2. The number of aromatic nitrogens is 4. The van der Waals surface area contributed by atoms with E-state index in [1.807, 2.05) is 33.6 Å². The Bertz CT molecular complexity index is 978. The van der Waals surface area contributed by atoms with E-state index in [1.165, 1.54) is 0 Å². The summed E-state index contributed by atoms with van der Waals surface area (Å²) in [6.45, 7) is 2.05. The van der Waals surface area contributed by atoms with Crippen molar-refractivity contribution in [3.05, 3.63) is 36.9 Å². The standard InChI is InChI=1S/C19H25N5O3S/c1-28(2,3)11-10-26-14-24-17-5-4-15(23-8-9-27-19(23)25)12-16(17)18(21-24)22-7-6-20-13-22/h4-7,12-13H,8-11,14H2,1-3H3. The second-order valence-electron chi connectivity index (χ2n) is 7.59. The molecular weight excluding hydrogens is 378 g/mol. The van der Waals surface area contributed by atoms with Crippen molar-refractivity contribution in [2.45, 2.75) is 6.73 Å². The van der Waals surface area contributed by atoms with Gasteiger partial charge in [-0.1, -0.05) is 0 Å². The van der Waals surface area contributed by atoms with Crippen molar-refractivity contribution in [2.24, 2.45) is 0 Å². The number of hydrogen-bond donors (Lipinski definition) is 0. The van der Waals surface area contributed by atoms with Crippen molar-refractivity contribution in [3.8, 4) is 5.82 Å². The van der Waals surface area contributed by atoms with Crippen LogP contribution in [0.1, 0.15) is 0 Å². The molecule has 0 N–H and O–H groups in total. The van der Waals surface area contributed by atoms with Gasteiger partial charge in [-0.15, -0.1) is 0 Å². The van der Waals surface area contributed by atoms with Crippen LogP contribution in [-0.4, -0.2) is 69.7 Å². The fourth-order valence-electron chi connectivity index (χ4n) is 3.08. The largest absolute Gasteiger partial charge is 0.447 e. The zero-order chi connectivity index (χ0) is 19.7. The Morgan fingerprint density at radius 3 is 2.82 bits per heavy atom. The van der Waals surface area contributed by atoms with Gasteiger partial charge in [-0.05, 0) is 37.0 Å². The Hall–Kier alpha value is -2.52. The van der Waals surface area contributed by atoms with Crippen molar-refractivity contribution in [3.63, 3.8) is 0 Å². The summed E-state index contributed by atoms with van der Waals surface area (Å²) in [5.74, 6) is 1.81. The minimum Gasteiger partial charge on any atom is -0.447 e. The first-order valence-corrected chi connectivity index (χ1v) is 12.1. The third-order valence-corrected chi connectivity index (χ3v) is 5.98. The zero-order valence-electron chi connectivity index (χ0n) is 16.4. The monoisotopic (exact) mass is 403 g/mol. The predicted molar refractivity (Wildman–Crippen MR) is 112 cm³/mol. The van der Waals surface area contributed by atoms with Gasteiger partial charge in [-0.25, -0.2) is 24.5 Å². The molecule has 3 aromatic rings. The maximum atomic E-state index is 11.9. The molecule has 150 valence electrons. The number of rotatable bonds is 7. The van der Waals surface area contributed by atoms with Crippen LogP contribution in [0.4, 0.5) is 10.5 Å². The Morgan fingerprint density at radius 2 is 2.14 bits per heavy atom. The number of fused-ring (bicyclic) bond motifs is 1. The molecule has 8 nitrogen and oxygen atoms in total. The Kier molecular flexibility index (Phi) is 5.03. The minimum atomic E-state index is -0.588. The first kappa shape index (κ1) is 18.8. The van der Waals surface area contributed by atoms with Gasteiger partial charge in [0.05, 0.1) is 18.7 Å². The number of benzene rings is 1. The van der Waals surface area contributed by atoms with Gasteiger partial charge in [0, 0.05) is 29.2 Å². The van der Waals surface area contributed by atoms with Crippen LogP contribution in [0.15, 0.2) is 36.9 Å². The zero-order valence-corrected chi connectivity index (χ0v) is 17.2. The molecule has 1 aliphatic rings. The summed E-state index contributed by atoms with van der Waals surface area (Å²) in [5.41, 5.74) is 1.75. The van der Waals surface area contributed by atoms with Crippen LogP contribution < -0.4 is 4.90 Å². The molecule has 28 heavy (non-hydrogen) atoms. The fourth-order valence-corrected chi connectivity index (χ4v) is 3.70. The summed E-state index contributed by atoms with van der Waals surface area (Å²) < 4.78 is 14.7. The number of nitrogens with zero attached hydrogens (tertiary/aromatic N) is 5. The minimum absolute atomic E-state index is 0.316. The summed E-state index contributed by atoms with van der Waals surface area (Å²) in [7, 11) is -0.588. The molecule has 0 saturated carbocycles. The molecule has 0 aliphatic carbocycles. The van der Waals surface area contributed by atoms with Gasteiger partial charge in [0.2, 0.25) is 0 Å². The van der Waals surface area contributed by atoms with E-state index in [1.54, 1.807) is 17.4 Å². The normalized spacial score (nSPS) is 15.4. The Morgan fingerprint density at radius 1 is 1.29 bits per heavy atom. The lowest BCUT2D eigenvalue weighted by molar-refractivity contribution is 0.0840. The van der Waals surface area contributed by atoms with Crippen LogP contribution in [0.2, 0.25) is 0 Å². The SMILES string of the molecule is CS(C)(C)CCOCn1nc(-n2ccnc2)c2cc(N3CCOC3=O)ccc21. The van der Waals surface area contributed by atoms with E-state index < -0.39 is 10.0 Å².